The molecule has 2 amide bonds. The van der Waals surface area contributed by atoms with Gasteiger partial charge in [0.15, 0.2) is 0 Å². The molecule has 2 fully saturated rings. The molecular formula is C21H23N3O3. The van der Waals surface area contributed by atoms with E-state index in [4.69, 9.17) is 0 Å². The fraction of sp³-hybridized carbons (Fsp3) is 0.333. The minimum Gasteiger partial charge on any atom is -0.506 e. The normalized spacial score (nSPS) is 21.1. The summed E-state index contributed by atoms with van der Waals surface area (Å²) in [5.41, 5.74) is 2.42. The van der Waals surface area contributed by atoms with Gasteiger partial charge in [0.25, 0.3) is 5.91 Å². The number of phenolic OH excluding ortho intramolecular Hbond substituents is 1. The van der Waals surface area contributed by atoms with Gasteiger partial charge in [-0.25, -0.2) is 4.90 Å². The van der Waals surface area contributed by atoms with Gasteiger partial charge in [-0.3, -0.25) is 14.5 Å². The Bertz CT molecular complexity index is 874. The van der Waals surface area contributed by atoms with Gasteiger partial charge in [0.2, 0.25) is 5.91 Å². The Morgan fingerprint density at radius 1 is 0.889 bits per heavy atom. The SMILES string of the molecule is Cc1ccccc1N1C(=O)C[C@@H](N2CCN(c3ccccc3O)CC2)C1=O. The van der Waals surface area contributed by atoms with Crippen LogP contribution in [0.15, 0.2) is 48.5 Å². The number of carbonyl (C=O) groups excluding carboxylic acids is 2. The molecule has 2 aliphatic rings. The van der Waals surface area contributed by atoms with Crippen molar-refractivity contribution in [2.75, 3.05) is 36.0 Å². The minimum absolute atomic E-state index is 0.134. The molecule has 0 radical (unpaired) electrons. The zero-order valence-electron chi connectivity index (χ0n) is 15.3. The van der Waals surface area contributed by atoms with Gasteiger partial charge in [-0.2, -0.15) is 0 Å². The first kappa shape index (κ1) is 17.5. The molecule has 2 aromatic rings. The number of piperazine rings is 1. The van der Waals surface area contributed by atoms with Crippen LogP contribution in [0, 0.1) is 6.92 Å². The zero-order valence-corrected chi connectivity index (χ0v) is 15.3. The van der Waals surface area contributed by atoms with Gasteiger partial charge < -0.3 is 10.0 Å². The summed E-state index contributed by atoms with van der Waals surface area (Å²) in [5, 5.41) is 10.0. The number of aromatic hydroxyl groups is 1. The maximum Gasteiger partial charge on any atom is 0.251 e. The van der Waals surface area contributed by atoms with Gasteiger partial charge in [0, 0.05) is 26.2 Å². The van der Waals surface area contributed by atoms with E-state index in [1.807, 2.05) is 43.3 Å². The summed E-state index contributed by atoms with van der Waals surface area (Å²) in [6.45, 7) is 4.69. The smallest absolute Gasteiger partial charge is 0.251 e. The van der Waals surface area contributed by atoms with Crippen LogP contribution in [0.4, 0.5) is 11.4 Å². The van der Waals surface area contributed by atoms with Crippen molar-refractivity contribution in [3.63, 3.8) is 0 Å². The number of amides is 2. The van der Waals surface area contributed by atoms with Crippen LogP contribution in [0.3, 0.4) is 0 Å². The standard InChI is InChI=1S/C21H23N3O3/c1-15-6-2-3-7-16(15)24-20(26)14-18(21(24)27)23-12-10-22(11-13-23)17-8-4-5-9-19(17)25/h2-9,18,25H,10-14H2,1H3/t18-/m1/s1. The Labute approximate surface area is 158 Å². The van der Waals surface area contributed by atoms with Crippen molar-refractivity contribution in [3.05, 3.63) is 54.1 Å². The minimum atomic E-state index is -0.399. The van der Waals surface area contributed by atoms with Crippen LogP contribution in [-0.4, -0.2) is 54.0 Å². The van der Waals surface area contributed by atoms with Crippen LogP contribution in [0.25, 0.3) is 0 Å². The third kappa shape index (κ3) is 3.17. The molecule has 27 heavy (non-hydrogen) atoms. The number of imide groups is 1. The molecule has 1 N–H and O–H groups in total. The average Bonchev–Trinajstić information content (AvgIpc) is 2.97. The van der Waals surface area contributed by atoms with Gasteiger partial charge in [0.05, 0.1) is 23.8 Å². The second kappa shape index (κ2) is 7.04. The lowest BCUT2D eigenvalue weighted by Crippen LogP contribution is -2.52. The van der Waals surface area contributed by atoms with Crippen molar-refractivity contribution in [2.45, 2.75) is 19.4 Å². The van der Waals surface area contributed by atoms with E-state index in [2.05, 4.69) is 9.80 Å². The molecule has 4 rings (SSSR count). The Morgan fingerprint density at radius 3 is 2.19 bits per heavy atom. The number of aryl methyl sites for hydroxylation is 1. The number of hydrogen-bond acceptors (Lipinski definition) is 5. The summed E-state index contributed by atoms with van der Waals surface area (Å²) < 4.78 is 0. The highest BCUT2D eigenvalue weighted by atomic mass is 16.3. The predicted octanol–water partition coefficient (Wildman–Crippen LogP) is 2.15. The van der Waals surface area contributed by atoms with E-state index in [1.165, 1.54) is 4.90 Å². The van der Waals surface area contributed by atoms with Crippen molar-refractivity contribution in [1.29, 1.82) is 0 Å². The molecule has 6 nitrogen and oxygen atoms in total. The molecule has 0 saturated carbocycles. The summed E-state index contributed by atoms with van der Waals surface area (Å²) in [7, 11) is 0. The molecule has 0 aromatic heterocycles. The van der Waals surface area contributed by atoms with Crippen LogP contribution in [0.2, 0.25) is 0 Å². The predicted molar refractivity (Wildman–Crippen MR) is 104 cm³/mol. The lowest BCUT2D eigenvalue weighted by molar-refractivity contribution is -0.123. The maximum absolute atomic E-state index is 13.0. The first-order valence-corrected chi connectivity index (χ1v) is 9.25. The third-order valence-corrected chi connectivity index (χ3v) is 5.46. The van der Waals surface area contributed by atoms with Crippen molar-refractivity contribution in [3.8, 4) is 5.75 Å². The molecule has 0 bridgehead atoms. The fourth-order valence-corrected chi connectivity index (χ4v) is 3.97. The lowest BCUT2D eigenvalue weighted by Gasteiger charge is -2.38. The number of phenols is 1. The van der Waals surface area contributed by atoms with E-state index in [1.54, 1.807) is 12.1 Å². The molecule has 0 spiro atoms. The summed E-state index contributed by atoms with van der Waals surface area (Å²) in [5.74, 6) is -0.00320. The van der Waals surface area contributed by atoms with Gasteiger partial charge in [-0.15, -0.1) is 0 Å². The van der Waals surface area contributed by atoms with Crippen LogP contribution < -0.4 is 9.80 Å². The highest BCUT2D eigenvalue weighted by Crippen LogP contribution is 2.31. The quantitative estimate of drug-likeness (QED) is 0.845. The lowest BCUT2D eigenvalue weighted by atomic mass is 10.1. The first-order valence-electron chi connectivity index (χ1n) is 9.25. The van der Waals surface area contributed by atoms with Crippen molar-refractivity contribution >= 4 is 23.2 Å². The number of hydrogen-bond donors (Lipinski definition) is 1. The second-order valence-corrected chi connectivity index (χ2v) is 7.09. The monoisotopic (exact) mass is 365 g/mol. The van der Waals surface area contributed by atoms with Gasteiger partial charge in [-0.05, 0) is 30.7 Å². The highest BCUT2D eigenvalue weighted by Gasteiger charge is 2.43. The zero-order chi connectivity index (χ0) is 19.0. The Morgan fingerprint density at radius 2 is 1.52 bits per heavy atom. The molecule has 1 atom stereocenters. The first-order chi connectivity index (χ1) is 13.1. The Balaban J connectivity index is 1.46. The Hall–Kier alpha value is -2.86. The number of anilines is 2. The van der Waals surface area contributed by atoms with Gasteiger partial charge in [0.1, 0.15) is 5.75 Å². The van der Waals surface area contributed by atoms with Crippen molar-refractivity contribution < 1.29 is 14.7 Å². The number of benzene rings is 2. The largest absolute Gasteiger partial charge is 0.506 e. The molecule has 0 aliphatic carbocycles. The molecule has 6 heteroatoms. The maximum atomic E-state index is 13.0. The van der Waals surface area contributed by atoms with Crippen molar-refractivity contribution in [2.24, 2.45) is 0 Å². The molecule has 2 aliphatic heterocycles. The summed E-state index contributed by atoms with van der Waals surface area (Å²) >= 11 is 0. The molecule has 2 aromatic carbocycles. The average molecular weight is 365 g/mol. The van der Waals surface area contributed by atoms with E-state index < -0.39 is 6.04 Å². The summed E-state index contributed by atoms with van der Waals surface area (Å²) in [6, 6.07) is 14.4. The molecule has 140 valence electrons. The van der Waals surface area contributed by atoms with E-state index in [9.17, 15) is 14.7 Å². The number of rotatable bonds is 3. The van der Waals surface area contributed by atoms with Crippen LogP contribution in [0.5, 0.6) is 5.75 Å². The second-order valence-electron chi connectivity index (χ2n) is 7.09. The molecular weight excluding hydrogens is 342 g/mol. The summed E-state index contributed by atoms with van der Waals surface area (Å²) in [6.07, 6.45) is 0.226. The van der Waals surface area contributed by atoms with E-state index in [0.717, 1.165) is 11.3 Å². The molecule has 2 heterocycles. The summed E-state index contributed by atoms with van der Waals surface area (Å²) in [4.78, 5) is 31.1. The van der Waals surface area contributed by atoms with E-state index in [-0.39, 0.29) is 24.0 Å². The van der Waals surface area contributed by atoms with Crippen molar-refractivity contribution in [1.82, 2.24) is 4.90 Å². The number of carbonyl (C=O) groups is 2. The van der Waals surface area contributed by atoms with Crippen LogP contribution in [0.1, 0.15) is 12.0 Å². The number of nitrogens with zero attached hydrogens (tertiary/aromatic N) is 3. The molecule has 0 unspecified atom stereocenters. The number of para-hydroxylation sites is 3. The molecule has 2 saturated heterocycles. The van der Waals surface area contributed by atoms with Gasteiger partial charge >= 0.3 is 0 Å². The van der Waals surface area contributed by atoms with E-state index >= 15 is 0 Å². The van der Waals surface area contributed by atoms with Gasteiger partial charge in [-0.1, -0.05) is 30.3 Å². The third-order valence-electron chi connectivity index (χ3n) is 5.46. The topological polar surface area (TPSA) is 64.1 Å². The Kier molecular flexibility index (Phi) is 4.58. The fourth-order valence-electron chi connectivity index (χ4n) is 3.97. The van der Waals surface area contributed by atoms with E-state index in [0.29, 0.717) is 31.9 Å². The highest BCUT2D eigenvalue weighted by molar-refractivity contribution is 6.22. The van der Waals surface area contributed by atoms with Crippen LogP contribution in [-0.2, 0) is 9.59 Å². The van der Waals surface area contributed by atoms with Crippen LogP contribution >= 0.6 is 0 Å².